The molecule has 1 amide bonds. The van der Waals surface area contributed by atoms with Crippen molar-refractivity contribution >= 4 is 27.1 Å². The van der Waals surface area contributed by atoms with Gasteiger partial charge in [0.2, 0.25) is 10.0 Å². The fraction of sp³-hybridized carbons (Fsp3) is 0.556. The molecule has 38 heavy (non-hydrogen) atoms. The Bertz CT molecular complexity index is 1300. The molecule has 4 heterocycles. The van der Waals surface area contributed by atoms with E-state index < -0.39 is 21.2 Å². The summed E-state index contributed by atoms with van der Waals surface area (Å²) in [5, 5.41) is 3.45. The third kappa shape index (κ3) is 6.81. The number of allylic oxidation sites excluding steroid dienone is 2. The van der Waals surface area contributed by atoms with E-state index in [4.69, 9.17) is 9.47 Å². The number of amides is 1. The van der Waals surface area contributed by atoms with Gasteiger partial charge in [-0.25, -0.2) is 22.0 Å². The Kier molecular flexibility index (Phi) is 8.89. The molecule has 11 heteroatoms. The lowest BCUT2D eigenvalue weighted by Crippen LogP contribution is -2.35. The molecule has 0 aliphatic carbocycles. The molecule has 9 nitrogen and oxygen atoms in total. The van der Waals surface area contributed by atoms with E-state index in [0.29, 0.717) is 31.8 Å². The molecule has 2 aliphatic heterocycles. The first-order valence-electron chi connectivity index (χ1n) is 13.1. The number of nitrogens with one attached hydrogen (secondary N) is 1. The van der Waals surface area contributed by atoms with E-state index in [9.17, 15) is 17.6 Å². The number of carbonyl (C=O) groups is 1. The average Bonchev–Trinajstić information content (AvgIpc) is 3.52. The van der Waals surface area contributed by atoms with Crippen LogP contribution in [-0.2, 0) is 19.5 Å². The van der Waals surface area contributed by atoms with Gasteiger partial charge in [-0.1, -0.05) is 6.08 Å². The summed E-state index contributed by atoms with van der Waals surface area (Å²) < 4.78 is 53.8. The summed E-state index contributed by atoms with van der Waals surface area (Å²) in [7, 11) is -3.77. The molecule has 2 aromatic heterocycles. The molecule has 2 saturated heterocycles. The Morgan fingerprint density at radius 2 is 2.13 bits per heavy atom. The highest BCUT2D eigenvalue weighted by molar-refractivity contribution is 7.90. The second-order valence-electron chi connectivity index (χ2n) is 10.4. The van der Waals surface area contributed by atoms with Crippen molar-refractivity contribution in [2.45, 2.75) is 69.8 Å². The van der Waals surface area contributed by atoms with Gasteiger partial charge >= 0.3 is 0 Å². The van der Waals surface area contributed by atoms with E-state index in [2.05, 4.69) is 21.6 Å². The normalized spacial score (nSPS) is 20.6. The largest absolute Gasteiger partial charge is 0.381 e. The highest BCUT2D eigenvalue weighted by Crippen LogP contribution is 2.30. The number of fused-ring (bicyclic) bond motifs is 1. The van der Waals surface area contributed by atoms with Crippen molar-refractivity contribution in [3.8, 4) is 0 Å². The van der Waals surface area contributed by atoms with Crippen molar-refractivity contribution in [2.75, 3.05) is 31.3 Å². The third-order valence-corrected chi connectivity index (χ3v) is 8.97. The number of hydrogen-bond acceptors (Lipinski definition) is 7. The molecule has 1 atom stereocenters. The quantitative estimate of drug-likeness (QED) is 0.445. The van der Waals surface area contributed by atoms with Crippen molar-refractivity contribution in [3.05, 3.63) is 54.1 Å². The molecule has 2 aromatic rings. The van der Waals surface area contributed by atoms with Crippen molar-refractivity contribution in [2.24, 2.45) is 0 Å². The standard InChI is InChI=1S/C27H37FN4O5S/c1-20(2)38(34,35)30-26(33)24-19-29-32-14-10-23(18-25(24)32)31-13-4-7-22(31)9-8-21(28)6-5-15-37-27(3)11-16-36-17-12-27/h5-6,8,10,14,18-20,22H,4,7,9,11-13,15-17H2,1-3H3,(H,30,33). The number of rotatable bonds is 10. The fourth-order valence-electron chi connectivity index (χ4n) is 4.72. The molecular weight excluding hydrogens is 511 g/mol. The summed E-state index contributed by atoms with van der Waals surface area (Å²) in [6.45, 7) is 7.61. The first-order chi connectivity index (χ1) is 18.1. The lowest BCUT2D eigenvalue weighted by atomic mass is 9.97. The van der Waals surface area contributed by atoms with Crippen LogP contribution >= 0.6 is 0 Å². The van der Waals surface area contributed by atoms with E-state index in [0.717, 1.165) is 37.9 Å². The zero-order chi connectivity index (χ0) is 27.3. The molecule has 0 radical (unpaired) electrons. The van der Waals surface area contributed by atoms with E-state index in [1.165, 1.54) is 26.1 Å². The van der Waals surface area contributed by atoms with Crippen LogP contribution in [0.3, 0.4) is 0 Å². The maximum atomic E-state index is 14.5. The highest BCUT2D eigenvalue weighted by Gasteiger charge is 2.28. The van der Waals surface area contributed by atoms with Crippen LogP contribution in [0.4, 0.5) is 10.1 Å². The second kappa shape index (κ2) is 12.0. The average molecular weight is 549 g/mol. The van der Waals surface area contributed by atoms with Crippen LogP contribution in [0.5, 0.6) is 0 Å². The van der Waals surface area contributed by atoms with Crippen LogP contribution in [0.25, 0.3) is 5.52 Å². The molecule has 0 bridgehead atoms. The van der Waals surface area contributed by atoms with Gasteiger partial charge in [0.25, 0.3) is 5.91 Å². The number of anilines is 1. The molecule has 1 unspecified atom stereocenters. The van der Waals surface area contributed by atoms with Gasteiger partial charge < -0.3 is 14.4 Å². The second-order valence-corrected chi connectivity index (χ2v) is 12.6. The van der Waals surface area contributed by atoms with E-state index in [1.807, 2.05) is 12.1 Å². The Balaban J connectivity index is 1.40. The lowest BCUT2D eigenvalue weighted by Gasteiger charge is -2.33. The number of hydrogen-bond donors (Lipinski definition) is 1. The van der Waals surface area contributed by atoms with Crippen LogP contribution in [0.1, 0.15) is 63.2 Å². The van der Waals surface area contributed by atoms with Crippen LogP contribution in [0.15, 0.2) is 48.6 Å². The van der Waals surface area contributed by atoms with Gasteiger partial charge in [-0.2, -0.15) is 5.10 Å². The van der Waals surface area contributed by atoms with E-state index in [-0.39, 0.29) is 23.0 Å². The number of aromatic nitrogens is 2. The number of ether oxygens (including phenoxy) is 2. The molecule has 208 valence electrons. The van der Waals surface area contributed by atoms with Gasteiger partial charge in [0.15, 0.2) is 0 Å². The predicted molar refractivity (Wildman–Crippen MR) is 144 cm³/mol. The summed E-state index contributed by atoms with van der Waals surface area (Å²) >= 11 is 0. The van der Waals surface area contributed by atoms with Gasteiger partial charge in [-0.3, -0.25) is 4.79 Å². The van der Waals surface area contributed by atoms with Crippen molar-refractivity contribution in [1.82, 2.24) is 14.3 Å². The maximum Gasteiger partial charge on any atom is 0.268 e. The zero-order valence-electron chi connectivity index (χ0n) is 22.2. The predicted octanol–water partition coefficient (Wildman–Crippen LogP) is 4.16. The van der Waals surface area contributed by atoms with Crippen LogP contribution in [-0.4, -0.2) is 67.2 Å². The molecule has 1 N–H and O–H groups in total. The number of nitrogens with zero attached hydrogens (tertiary/aromatic N) is 3. The molecule has 0 aromatic carbocycles. The summed E-state index contributed by atoms with van der Waals surface area (Å²) in [6.07, 6.45) is 12.0. The number of halogens is 1. The maximum absolute atomic E-state index is 14.5. The smallest absolute Gasteiger partial charge is 0.268 e. The first-order valence-corrected chi connectivity index (χ1v) is 14.7. The summed E-state index contributed by atoms with van der Waals surface area (Å²) in [5.41, 5.74) is 1.35. The Hall–Kier alpha value is -2.76. The Morgan fingerprint density at radius 3 is 2.87 bits per heavy atom. The molecule has 0 spiro atoms. The van der Waals surface area contributed by atoms with Gasteiger partial charge in [0.1, 0.15) is 5.83 Å². The zero-order valence-corrected chi connectivity index (χ0v) is 23.0. The molecular formula is C27H37FN4O5S. The fourth-order valence-corrected chi connectivity index (χ4v) is 5.32. The van der Waals surface area contributed by atoms with Crippen molar-refractivity contribution in [3.63, 3.8) is 0 Å². The minimum atomic E-state index is -3.77. The Morgan fingerprint density at radius 1 is 1.37 bits per heavy atom. The van der Waals surface area contributed by atoms with Crippen molar-refractivity contribution in [1.29, 1.82) is 0 Å². The first kappa shape index (κ1) is 28.3. The molecule has 0 saturated carbocycles. The van der Waals surface area contributed by atoms with Crippen LogP contribution in [0, 0.1) is 0 Å². The third-order valence-electron chi connectivity index (χ3n) is 7.25. The number of pyridine rings is 1. The number of carbonyl (C=O) groups excluding carboxylic acids is 1. The highest BCUT2D eigenvalue weighted by atomic mass is 32.2. The van der Waals surface area contributed by atoms with Gasteiger partial charge in [-0.15, -0.1) is 0 Å². The SMILES string of the molecule is CC(C)S(=O)(=O)NC(=O)c1cnn2ccc(N3CCCC3CC=C(F)C=CCOC3(C)CCOCC3)cc12. The van der Waals surface area contributed by atoms with Crippen molar-refractivity contribution < 1.29 is 27.1 Å². The summed E-state index contributed by atoms with van der Waals surface area (Å²) in [4.78, 5) is 14.9. The lowest BCUT2D eigenvalue weighted by molar-refractivity contribution is -0.0900. The topological polar surface area (TPSA) is 102 Å². The molecule has 2 aliphatic rings. The van der Waals surface area contributed by atoms with E-state index >= 15 is 0 Å². The summed E-state index contributed by atoms with van der Waals surface area (Å²) in [6, 6.07) is 3.84. The van der Waals surface area contributed by atoms with Crippen LogP contribution < -0.4 is 9.62 Å². The van der Waals surface area contributed by atoms with Gasteiger partial charge in [-0.05, 0) is 77.2 Å². The molecule has 2 fully saturated rings. The van der Waals surface area contributed by atoms with E-state index in [1.54, 1.807) is 22.9 Å². The van der Waals surface area contributed by atoms with Crippen LogP contribution in [0.2, 0.25) is 0 Å². The van der Waals surface area contributed by atoms with Gasteiger partial charge in [0.05, 0.1) is 34.7 Å². The number of sulfonamides is 1. The minimum Gasteiger partial charge on any atom is -0.381 e. The van der Waals surface area contributed by atoms with Gasteiger partial charge in [0, 0.05) is 37.7 Å². The minimum absolute atomic E-state index is 0.107. The Labute approximate surface area is 223 Å². The molecule has 4 rings (SSSR count). The monoisotopic (exact) mass is 548 g/mol. The summed E-state index contributed by atoms with van der Waals surface area (Å²) in [5.74, 6) is -1.01.